The van der Waals surface area contributed by atoms with Gasteiger partial charge in [0.2, 0.25) is 11.8 Å². The summed E-state index contributed by atoms with van der Waals surface area (Å²) < 4.78 is 10.6. The Morgan fingerprint density at radius 2 is 1.40 bits per heavy atom. The highest BCUT2D eigenvalue weighted by Crippen LogP contribution is 2.45. The van der Waals surface area contributed by atoms with E-state index < -0.39 is 30.2 Å². The lowest BCUT2D eigenvalue weighted by Crippen LogP contribution is -2.31. The lowest BCUT2D eigenvalue weighted by Gasteiger charge is -2.28. The molecule has 0 N–H and O–H groups in total. The van der Waals surface area contributed by atoms with Gasteiger partial charge in [0.05, 0.1) is 28.7 Å². The van der Waals surface area contributed by atoms with Crippen molar-refractivity contribution < 1.29 is 33.4 Å². The number of hydrogen-bond donors (Lipinski definition) is 0. The van der Waals surface area contributed by atoms with E-state index in [1.54, 1.807) is 24.3 Å². The topological polar surface area (TPSA) is 107 Å². The zero-order valence-corrected chi connectivity index (χ0v) is 24.7. The van der Waals surface area contributed by atoms with Crippen molar-refractivity contribution in [1.29, 1.82) is 0 Å². The number of ketones is 1. The summed E-state index contributed by atoms with van der Waals surface area (Å²) in [6.45, 7) is 1.40. The molecule has 0 spiro atoms. The molecule has 6 rings (SSSR count). The van der Waals surface area contributed by atoms with Crippen LogP contribution in [-0.4, -0.2) is 36.1 Å². The molecule has 1 heterocycles. The molecule has 1 saturated carbocycles. The van der Waals surface area contributed by atoms with Gasteiger partial charge in [-0.1, -0.05) is 54.1 Å². The smallest absolute Gasteiger partial charge is 0.343 e. The highest BCUT2D eigenvalue weighted by atomic mass is 16.5. The third kappa shape index (κ3) is 6.31. The van der Waals surface area contributed by atoms with E-state index in [4.69, 9.17) is 9.47 Å². The van der Waals surface area contributed by atoms with Gasteiger partial charge in [-0.3, -0.25) is 19.3 Å². The van der Waals surface area contributed by atoms with E-state index in [-0.39, 0.29) is 40.5 Å². The number of aryl methyl sites for hydroxylation is 1. The van der Waals surface area contributed by atoms with Crippen molar-refractivity contribution >= 4 is 35.2 Å². The van der Waals surface area contributed by atoms with Gasteiger partial charge >= 0.3 is 11.9 Å². The lowest BCUT2D eigenvalue weighted by molar-refractivity contribution is -0.122. The SMILES string of the molecule is Cc1ccc(C(=O)Oc2ccc(C(=O)COC(=O)c3cccc(N4C(=O)[C@H]5CC[C@H](c6ccccc6)C[C@@H]5C4=O)c3)cc2)cc1. The average Bonchev–Trinajstić information content (AvgIpc) is 3.32. The molecule has 2 amide bonds. The van der Waals surface area contributed by atoms with Crippen LogP contribution in [0.1, 0.15) is 67.4 Å². The summed E-state index contributed by atoms with van der Waals surface area (Å²) in [5.74, 6) is -2.50. The van der Waals surface area contributed by atoms with Gasteiger partial charge in [0.15, 0.2) is 12.4 Å². The predicted octanol–water partition coefficient (Wildman–Crippen LogP) is 6.33. The second kappa shape index (κ2) is 12.7. The summed E-state index contributed by atoms with van der Waals surface area (Å²) in [4.78, 5) is 65.9. The summed E-state index contributed by atoms with van der Waals surface area (Å²) in [5, 5.41) is 0. The number of benzene rings is 4. The molecule has 0 bridgehead atoms. The van der Waals surface area contributed by atoms with Crippen LogP contribution in [0, 0.1) is 18.8 Å². The number of imide groups is 1. The van der Waals surface area contributed by atoms with Gasteiger partial charge in [0, 0.05) is 5.56 Å². The quantitative estimate of drug-likeness (QED) is 0.101. The highest BCUT2D eigenvalue weighted by Gasteiger charge is 2.50. The molecular formula is C37H31NO7. The molecule has 1 aliphatic heterocycles. The Labute approximate surface area is 260 Å². The molecule has 1 saturated heterocycles. The van der Waals surface area contributed by atoms with Gasteiger partial charge in [-0.05, 0) is 92.3 Å². The third-order valence-electron chi connectivity index (χ3n) is 8.54. The molecule has 0 aromatic heterocycles. The second-order valence-electron chi connectivity index (χ2n) is 11.5. The first kappa shape index (κ1) is 29.7. The molecule has 4 aromatic rings. The Morgan fingerprint density at radius 1 is 0.711 bits per heavy atom. The highest BCUT2D eigenvalue weighted by molar-refractivity contribution is 6.22. The Balaban J connectivity index is 1.06. The Kier molecular flexibility index (Phi) is 8.38. The van der Waals surface area contributed by atoms with Gasteiger partial charge in [-0.15, -0.1) is 0 Å². The van der Waals surface area contributed by atoms with E-state index in [1.165, 1.54) is 46.9 Å². The number of carbonyl (C=O) groups is 5. The summed E-state index contributed by atoms with van der Waals surface area (Å²) in [7, 11) is 0. The van der Waals surface area contributed by atoms with Crippen molar-refractivity contribution in [3.8, 4) is 5.75 Å². The summed E-state index contributed by atoms with van der Waals surface area (Å²) in [6.07, 6.45) is 2.07. The summed E-state index contributed by atoms with van der Waals surface area (Å²) in [6, 6.07) is 29.1. The number of hydrogen-bond acceptors (Lipinski definition) is 7. The number of rotatable bonds is 8. The van der Waals surface area contributed by atoms with Gasteiger partial charge in [-0.2, -0.15) is 0 Å². The number of carbonyl (C=O) groups excluding carboxylic acids is 5. The van der Waals surface area contributed by atoms with Crippen LogP contribution in [0.3, 0.4) is 0 Å². The molecule has 4 aromatic carbocycles. The van der Waals surface area contributed by atoms with Crippen LogP contribution < -0.4 is 9.64 Å². The molecule has 3 atom stereocenters. The summed E-state index contributed by atoms with van der Waals surface area (Å²) in [5.41, 5.74) is 3.31. The zero-order valence-electron chi connectivity index (χ0n) is 24.7. The minimum absolute atomic E-state index is 0.122. The minimum Gasteiger partial charge on any atom is -0.454 e. The number of amides is 2. The van der Waals surface area contributed by atoms with Crippen LogP contribution in [-0.2, 0) is 14.3 Å². The van der Waals surface area contributed by atoms with Crippen molar-refractivity contribution in [2.45, 2.75) is 32.1 Å². The number of Topliss-reactive ketones (excluding diaryl/α,β-unsaturated/α-hetero) is 1. The van der Waals surface area contributed by atoms with Crippen molar-refractivity contribution in [2.75, 3.05) is 11.5 Å². The first-order valence-corrected chi connectivity index (χ1v) is 14.9. The molecule has 0 unspecified atom stereocenters. The molecule has 8 nitrogen and oxygen atoms in total. The second-order valence-corrected chi connectivity index (χ2v) is 11.5. The normalized spacial score (nSPS) is 19.1. The molecule has 2 fully saturated rings. The van der Waals surface area contributed by atoms with Crippen LogP contribution in [0.5, 0.6) is 5.75 Å². The minimum atomic E-state index is -0.755. The van der Waals surface area contributed by atoms with Crippen molar-refractivity contribution in [3.05, 3.63) is 131 Å². The molecule has 1 aliphatic carbocycles. The molecule has 45 heavy (non-hydrogen) atoms. The first-order chi connectivity index (χ1) is 21.8. The van der Waals surface area contributed by atoms with E-state index in [0.29, 0.717) is 24.1 Å². The standard InChI is InChI=1S/C37H31NO7/c1-23-10-12-26(13-11-23)37(43)45-30-17-14-25(15-18-30)33(39)22-44-36(42)28-8-5-9-29(20-28)38-34(40)31-19-16-27(21-32(31)35(38)41)24-6-3-2-4-7-24/h2-15,17-18,20,27,31-32H,16,19,21-22H2,1H3/t27-,31-,32-/m0/s1. The molecule has 2 aliphatic rings. The fourth-order valence-corrected chi connectivity index (χ4v) is 6.10. The van der Waals surface area contributed by atoms with E-state index in [2.05, 4.69) is 12.1 Å². The van der Waals surface area contributed by atoms with E-state index in [0.717, 1.165) is 12.0 Å². The summed E-state index contributed by atoms with van der Waals surface area (Å²) >= 11 is 0. The lowest BCUT2D eigenvalue weighted by atomic mass is 9.73. The van der Waals surface area contributed by atoms with Crippen molar-refractivity contribution in [2.24, 2.45) is 11.8 Å². The third-order valence-corrected chi connectivity index (χ3v) is 8.54. The fourth-order valence-electron chi connectivity index (χ4n) is 6.10. The number of anilines is 1. The van der Waals surface area contributed by atoms with E-state index in [9.17, 15) is 24.0 Å². The van der Waals surface area contributed by atoms with Crippen molar-refractivity contribution in [3.63, 3.8) is 0 Å². The Hall–Kier alpha value is -5.37. The Bertz CT molecular complexity index is 1760. The van der Waals surface area contributed by atoms with Gasteiger partial charge in [0.1, 0.15) is 5.75 Å². The zero-order chi connectivity index (χ0) is 31.5. The van der Waals surface area contributed by atoms with Crippen LogP contribution >= 0.6 is 0 Å². The average molecular weight is 602 g/mol. The molecule has 0 radical (unpaired) electrons. The monoisotopic (exact) mass is 601 g/mol. The van der Waals surface area contributed by atoms with Crippen molar-refractivity contribution in [1.82, 2.24) is 0 Å². The van der Waals surface area contributed by atoms with Gasteiger partial charge < -0.3 is 9.47 Å². The van der Waals surface area contributed by atoms with Gasteiger partial charge in [-0.25, -0.2) is 9.59 Å². The van der Waals surface area contributed by atoms with E-state index >= 15 is 0 Å². The predicted molar refractivity (Wildman–Crippen MR) is 166 cm³/mol. The maximum absolute atomic E-state index is 13.5. The fraction of sp³-hybridized carbons (Fsp3) is 0.216. The maximum atomic E-state index is 13.5. The number of esters is 2. The first-order valence-electron chi connectivity index (χ1n) is 14.9. The molecular weight excluding hydrogens is 570 g/mol. The van der Waals surface area contributed by atoms with Crippen LogP contribution in [0.25, 0.3) is 0 Å². The van der Waals surface area contributed by atoms with Crippen LogP contribution in [0.15, 0.2) is 103 Å². The maximum Gasteiger partial charge on any atom is 0.343 e. The molecule has 8 heteroatoms. The van der Waals surface area contributed by atoms with Gasteiger partial charge in [0.25, 0.3) is 0 Å². The molecule has 226 valence electrons. The number of ether oxygens (including phenoxy) is 2. The Morgan fingerprint density at radius 3 is 2.13 bits per heavy atom. The number of nitrogens with zero attached hydrogens (tertiary/aromatic N) is 1. The van der Waals surface area contributed by atoms with E-state index in [1.807, 2.05) is 37.3 Å². The number of fused-ring (bicyclic) bond motifs is 1. The van der Waals surface area contributed by atoms with Crippen LogP contribution in [0.4, 0.5) is 5.69 Å². The largest absolute Gasteiger partial charge is 0.454 e. The van der Waals surface area contributed by atoms with Crippen LogP contribution in [0.2, 0.25) is 0 Å².